The van der Waals surface area contributed by atoms with E-state index in [1.54, 1.807) is 0 Å². The molecule has 0 aliphatic carbocycles. The number of esters is 1. The van der Waals surface area contributed by atoms with E-state index in [-0.39, 0.29) is 12.0 Å². The van der Waals surface area contributed by atoms with Crippen LogP contribution in [0.15, 0.2) is 0 Å². The Morgan fingerprint density at radius 2 is 2.26 bits per heavy atom. The normalized spacial score (nSPS) is 21.8. The summed E-state index contributed by atoms with van der Waals surface area (Å²) in [5.41, 5.74) is 0. The summed E-state index contributed by atoms with van der Waals surface area (Å²) >= 11 is 0. The first-order valence-corrected chi connectivity index (χ1v) is 7.31. The van der Waals surface area contributed by atoms with Gasteiger partial charge in [0, 0.05) is 19.1 Å². The average Bonchev–Trinajstić information content (AvgIpc) is 2.77. The Morgan fingerprint density at radius 3 is 2.84 bits per heavy atom. The fourth-order valence-electron chi connectivity index (χ4n) is 2.74. The van der Waals surface area contributed by atoms with Gasteiger partial charge >= 0.3 is 5.97 Å². The molecule has 19 heavy (non-hydrogen) atoms. The van der Waals surface area contributed by atoms with E-state index in [2.05, 4.69) is 29.2 Å². The Hall–Kier alpha value is -0.650. The molecule has 1 saturated heterocycles. The molecular weight excluding hydrogens is 242 g/mol. The number of hydrogen-bond donors (Lipinski definition) is 1. The largest absolute Gasteiger partial charge is 0.465 e. The van der Waals surface area contributed by atoms with Crippen molar-refractivity contribution in [1.82, 2.24) is 15.1 Å². The molecule has 0 spiro atoms. The van der Waals surface area contributed by atoms with Gasteiger partial charge < -0.3 is 15.0 Å². The van der Waals surface area contributed by atoms with Gasteiger partial charge in [0.05, 0.1) is 6.61 Å². The van der Waals surface area contributed by atoms with Crippen molar-refractivity contribution in [3.05, 3.63) is 0 Å². The maximum absolute atomic E-state index is 11.7. The minimum atomic E-state index is -0.180. The third kappa shape index (κ3) is 5.47. The van der Waals surface area contributed by atoms with E-state index in [4.69, 9.17) is 4.74 Å². The summed E-state index contributed by atoms with van der Waals surface area (Å²) in [6.45, 7) is 5.51. The summed E-state index contributed by atoms with van der Waals surface area (Å²) in [7, 11) is 6.06. The number of carbonyl (C=O) groups excluding carboxylic acids is 1. The fourth-order valence-corrected chi connectivity index (χ4v) is 2.74. The summed E-state index contributed by atoms with van der Waals surface area (Å²) < 4.78 is 5.07. The number of ether oxygens (including phenoxy) is 1. The van der Waals surface area contributed by atoms with Crippen LogP contribution in [0.3, 0.4) is 0 Å². The van der Waals surface area contributed by atoms with Crippen molar-refractivity contribution in [2.24, 2.45) is 0 Å². The lowest BCUT2D eigenvalue weighted by atomic mass is 10.1. The molecule has 112 valence electrons. The van der Waals surface area contributed by atoms with Crippen molar-refractivity contribution in [3.63, 3.8) is 0 Å². The molecule has 0 aromatic carbocycles. The molecule has 5 heteroatoms. The number of nitrogens with one attached hydrogen (secondary N) is 1. The van der Waals surface area contributed by atoms with Crippen molar-refractivity contribution in [2.45, 2.75) is 38.3 Å². The highest BCUT2D eigenvalue weighted by molar-refractivity contribution is 5.75. The van der Waals surface area contributed by atoms with E-state index in [9.17, 15) is 4.79 Å². The molecule has 2 unspecified atom stereocenters. The summed E-state index contributed by atoms with van der Waals surface area (Å²) in [6, 6.07) is 0.454. The average molecular weight is 271 g/mol. The third-order valence-corrected chi connectivity index (χ3v) is 3.70. The molecule has 0 aromatic heterocycles. The Bertz CT molecular complexity index is 271. The van der Waals surface area contributed by atoms with Crippen molar-refractivity contribution in [1.29, 1.82) is 0 Å². The molecule has 5 nitrogen and oxygen atoms in total. The monoisotopic (exact) mass is 271 g/mol. The molecule has 1 heterocycles. The predicted molar refractivity (Wildman–Crippen MR) is 77.2 cm³/mol. The van der Waals surface area contributed by atoms with Gasteiger partial charge in [-0.3, -0.25) is 9.69 Å². The number of nitrogens with zero attached hydrogens (tertiary/aromatic N) is 2. The predicted octanol–water partition coefficient (Wildman–Crippen LogP) is 0.554. The maximum atomic E-state index is 11.7. The fraction of sp³-hybridized carbons (Fsp3) is 0.929. The second-order valence-corrected chi connectivity index (χ2v) is 5.48. The molecule has 1 fully saturated rings. The first-order valence-electron chi connectivity index (χ1n) is 7.31. The summed E-state index contributed by atoms with van der Waals surface area (Å²) in [4.78, 5) is 16.5. The van der Waals surface area contributed by atoms with Gasteiger partial charge in [0.2, 0.25) is 0 Å². The minimum absolute atomic E-state index is 0.131. The summed E-state index contributed by atoms with van der Waals surface area (Å²) in [6.07, 6.45) is 3.35. The minimum Gasteiger partial charge on any atom is -0.465 e. The van der Waals surface area contributed by atoms with Crippen LogP contribution in [0.5, 0.6) is 0 Å². The van der Waals surface area contributed by atoms with Crippen LogP contribution in [0.25, 0.3) is 0 Å². The van der Waals surface area contributed by atoms with Crippen LogP contribution in [0, 0.1) is 0 Å². The van der Waals surface area contributed by atoms with Crippen LogP contribution < -0.4 is 5.32 Å². The van der Waals surface area contributed by atoms with E-state index in [1.165, 1.54) is 12.8 Å². The molecule has 1 N–H and O–H groups in total. The van der Waals surface area contributed by atoms with Crippen LogP contribution >= 0.6 is 0 Å². The van der Waals surface area contributed by atoms with E-state index in [0.717, 1.165) is 26.1 Å². The number of likely N-dealkylation sites (N-methyl/N-ethyl adjacent to an activating group) is 2. The molecule has 0 bridgehead atoms. The van der Waals surface area contributed by atoms with Crippen LogP contribution in [-0.4, -0.2) is 75.2 Å². The van der Waals surface area contributed by atoms with Gasteiger partial charge in [-0.25, -0.2) is 0 Å². The van der Waals surface area contributed by atoms with E-state index in [1.807, 2.05) is 14.0 Å². The lowest BCUT2D eigenvalue weighted by Gasteiger charge is -2.28. The van der Waals surface area contributed by atoms with Gasteiger partial charge in [-0.15, -0.1) is 0 Å². The molecule has 0 aromatic rings. The summed E-state index contributed by atoms with van der Waals surface area (Å²) in [5, 5.41) is 3.05. The van der Waals surface area contributed by atoms with Crippen LogP contribution in [0.2, 0.25) is 0 Å². The lowest BCUT2D eigenvalue weighted by molar-refractivity contribution is -0.145. The molecule has 1 aliphatic rings. The molecule has 1 aliphatic heterocycles. The molecule has 2 atom stereocenters. The van der Waals surface area contributed by atoms with E-state index < -0.39 is 0 Å². The highest BCUT2D eigenvalue weighted by Gasteiger charge is 2.26. The zero-order chi connectivity index (χ0) is 14.3. The number of likely N-dealkylation sites (tertiary alicyclic amines) is 1. The third-order valence-electron chi connectivity index (χ3n) is 3.70. The lowest BCUT2D eigenvalue weighted by Crippen LogP contribution is -2.42. The highest BCUT2D eigenvalue weighted by atomic mass is 16.5. The second-order valence-electron chi connectivity index (χ2n) is 5.48. The SMILES string of the molecule is CCOC(=O)C(CCN1CCCC1CN(C)C)NC. The van der Waals surface area contributed by atoms with Gasteiger partial charge in [0.15, 0.2) is 0 Å². The van der Waals surface area contributed by atoms with E-state index >= 15 is 0 Å². The van der Waals surface area contributed by atoms with Crippen LogP contribution in [0.1, 0.15) is 26.2 Å². The topological polar surface area (TPSA) is 44.8 Å². The van der Waals surface area contributed by atoms with Crippen molar-refractivity contribution in [2.75, 3.05) is 47.4 Å². The zero-order valence-electron chi connectivity index (χ0n) is 12.8. The number of carbonyl (C=O) groups is 1. The first kappa shape index (κ1) is 16.4. The van der Waals surface area contributed by atoms with Gasteiger partial charge in [-0.2, -0.15) is 0 Å². The van der Waals surface area contributed by atoms with Crippen LogP contribution in [0.4, 0.5) is 0 Å². The van der Waals surface area contributed by atoms with Crippen molar-refractivity contribution >= 4 is 5.97 Å². The first-order chi connectivity index (χ1) is 9.08. The number of hydrogen-bond acceptors (Lipinski definition) is 5. The standard InChI is InChI=1S/C14H29N3O2/c1-5-19-14(18)13(15-2)8-10-17-9-6-7-12(17)11-16(3)4/h12-13,15H,5-11H2,1-4H3. The molecular formula is C14H29N3O2. The second kappa shape index (κ2) is 8.51. The smallest absolute Gasteiger partial charge is 0.323 e. The Kier molecular flexibility index (Phi) is 7.34. The van der Waals surface area contributed by atoms with Gasteiger partial charge in [-0.1, -0.05) is 0 Å². The van der Waals surface area contributed by atoms with Crippen LogP contribution in [-0.2, 0) is 9.53 Å². The van der Waals surface area contributed by atoms with Crippen molar-refractivity contribution < 1.29 is 9.53 Å². The highest BCUT2D eigenvalue weighted by Crippen LogP contribution is 2.18. The zero-order valence-corrected chi connectivity index (χ0v) is 12.8. The quantitative estimate of drug-likeness (QED) is 0.653. The molecule has 0 amide bonds. The Balaban J connectivity index is 2.38. The van der Waals surface area contributed by atoms with Crippen molar-refractivity contribution in [3.8, 4) is 0 Å². The molecule has 0 radical (unpaired) electrons. The Labute approximate surface area is 117 Å². The molecule has 1 rings (SSSR count). The number of rotatable bonds is 8. The van der Waals surface area contributed by atoms with Gasteiger partial charge in [-0.05, 0) is 53.9 Å². The van der Waals surface area contributed by atoms with Gasteiger partial charge in [0.1, 0.15) is 6.04 Å². The Morgan fingerprint density at radius 1 is 1.53 bits per heavy atom. The summed E-state index contributed by atoms with van der Waals surface area (Å²) in [5.74, 6) is -0.131. The maximum Gasteiger partial charge on any atom is 0.323 e. The van der Waals surface area contributed by atoms with Gasteiger partial charge in [0.25, 0.3) is 0 Å². The van der Waals surface area contributed by atoms with E-state index in [0.29, 0.717) is 12.6 Å². The molecule has 0 saturated carbocycles.